The summed E-state index contributed by atoms with van der Waals surface area (Å²) in [5.74, 6) is 0.368. The van der Waals surface area contributed by atoms with Crippen LogP contribution in [0.3, 0.4) is 0 Å². The van der Waals surface area contributed by atoms with Crippen molar-refractivity contribution in [1.29, 1.82) is 0 Å². The van der Waals surface area contributed by atoms with Crippen LogP contribution in [-0.2, 0) is 0 Å². The van der Waals surface area contributed by atoms with E-state index >= 15 is 0 Å². The number of carbonyl (C=O) groups excluding carboxylic acids is 1. The number of hydrogen-bond donors (Lipinski definition) is 2. The first-order chi connectivity index (χ1) is 10.6. The monoisotopic (exact) mass is 302 g/mol. The third-order valence-electron chi connectivity index (χ3n) is 3.45. The highest BCUT2D eigenvalue weighted by Gasteiger charge is 2.25. The number of hydrogen-bond acceptors (Lipinski definition) is 6. The summed E-state index contributed by atoms with van der Waals surface area (Å²) < 4.78 is 0. The standard InChI is InChI=1S/C13H14N6O3/c20-11-10(16-17-13(22)15-11)12(21)19-7-5-18(6-8-19)9-3-1-2-4-14-9/h1-4H,5-8H2,(H2,15,17,20,22). The molecule has 9 heteroatoms. The van der Waals surface area contributed by atoms with Crippen LogP contribution >= 0.6 is 0 Å². The first kappa shape index (κ1) is 14.0. The van der Waals surface area contributed by atoms with Gasteiger partial charge in [-0.1, -0.05) is 6.07 Å². The van der Waals surface area contributed by atoms with Crippen LogP contribution < -0.4 is 16.1 Å². The van der Waals surface area contributed by atoms with E-state index in [0.29, 0.717) is 26.2 Å². The molecule has 1 aliphatic heterocycles. The summed E-state index contributed by atoms with van der Waals surface area (Å²) in [5, 5.41) is 5.60. The van der Waals surface area contributed by atoms with Crippen molar-refractivity contribution >= 4 is 11.7 Å². The number of rotatable bonds is 2. The smallest absolute Gasteiger partial charge is 0.342 e. The molecule has 0 atom stereocenters. The number of H-pyrrole nitrogens is 2. The predicted molar refractivity (Wildman–Crippen MR) is 77.8 cm³/mol. The maximum Gasteiger partial charge on any atom is 0.342 e. The molecule has 2 aromatic heterocycles. The number of nitrogens with zero attached hydrogens (tertiary/aromatic N) is 4. The minimum Gasteiger partial charge on any atom is -0.353 e. The quantitative estimate of drug-likeness (QED) is 0.721. The Morgan fingerprint density at radius 1 is 1.14 bits per heavy atom. The van der Waals surface area contributed by atoms with Crippen LogP contribution in [-0.4, -0.2) is 57.2 Å². The van der Waals surface area contributed by atoms with Gasteiger partial charge in [-0.3, -0.25) is 14.6 Å². The molecule has 1 saturated heterocycles. The van der Waals surface area contributed by atoms with E-state index < -0.39 is 17.2 Å². The van der Waals surface area contributed by atoms with Crippen molar-refractivity contribution in [3.8, 4) is 0 Å². The van der Waals surface area contributed by atoms with Gasteiger partial charge in [0.15, 0.2) is 0 Å². The van der Waals surface area contributed by atoms with Crippen molar-refractivity contribution in [2.75, 3.05) is 31.1 Å². The fourth-order valence-electron chi connectivity index (χ4n) is 2.32. The highest BCUT2D eigenvalue weighted by atomic mass is 16.2. The second-order valence-electron chi connectivity index (χ2n) is 4.82. The Kier molecular flexibility index (Phi) is 3.69. The number of amides is 1. The Bertz CT molecular complexity index is 776. The summed E-state index contributed by atoms with van der Waals surface area (Å²) in [4.78, 5) is 44.7. The van der Waals surface area contributed by atoms with E-state index in [2.05, 4.69) is 20.1 Å². The topological polar surface area (TPSA) is 115 Å². The lowest BCUT2D eigenvalue weighted by Gasteiger charge is -2.35. The van der Waals surface area contributed by atoms with Crippen molar-refractivity contribution in [2.24, 2.45) is 0 Å². The molecule has 0 spiro atoms. The SMILES string of the molecule is O=C(c1n[nH]c(=O)[nH]c1=O)N1CCN(c2ccccn2)CC1. The zero-order chi connectivity index (χ0) is 15.5. The molecule has 0 bridgehead atoms. The minimum absolute atomic E-state index is 0.300. The van der Waals surface area contributed by atoms with Crippen molar-refractivity contribution < 1.29 is 4.79 Å². The van der Waals surface area contributed by atoms with Crippen LogP contribution in [0.5, 0.6) is 0 Å². The molecule has 1 amide bonds. The van der Waals surface area contributed by atoms with Gasteiger partial charge < -0.3 is 9.80 Å². The van der Waals surface area contributed by atoms with Crippen LogP contribution in [0.2, 0.25) is 0 Å². The average Bonchev–Trinajstić information content (AvgIpc) is 2.55. The van der Waals surface area contributed by atoms with Crippen molar-refractivity contribution in [3.63, 3.8) is 0 Å². The predicted octanol–water partition coefficient (Wildman–Crippen LogP) is -1.18. The molecule has 3 rings (SSSR count). The zero-order valence-corrected chi connectivity index (χ0v) is 11.7. The number of nitrogens with one attached hydrogen (secondary N) is 2. The van der Waals surface area contributed by atoms with E-state index in [4.69, 9.17) is 0 Å². The highest BCUT2D eigenvalue weighted by molar-refractivity contribution is 5.91. The average molecular weight is 302 g/mol. The molecule has 22 heavy (non-hydrogen) atoms. The maximum atomic E-state index is 12.3. The van der Waals surface area contributed by atoms with Crippen LogP contribution in [0.4, 0.5) is 5.82 Å². The highest BCUT2D eigenvalue weighted by Crippen LogP contribution is 2.13. The molecule has 0 aliphatic carbocycles. The molecule has 2 N–H and O–H groups in total. The Balaban J connectivity index is 1.70. The van der Waals surface area contributed by atoms with Crippen LogP contribution in [0.1, 0.15) is 10.5 Å². The fraction of sp³-hybridized carbons (Fsp3) is 0.308. The molecule has 1 fully saturated rings. The van der Waals surface area contributed by atoms with Gasteiger partial charge in [0, 0.05) is 32.4 Å². The Morgan fingerprint density at radius 3 is 2.55 bits per heavy atom. The van der Waals surface area contributed by atoms with Gasteiger partial charge >= 0.3 is 5.69 Å². The lowest BCUT2D eigenvalue weighted by atomic mass is 10.2. The molecule has 0 unspecified atom stereocenters. The Hall–Kier alpha value is -2.97. The number of piperazine rings is 1. The van der Waals surface area contributed by atoms with E-state index in [0.717, 1.165) is 5.82 Å². The normalized spacial score (nSPS) is 14.9. The zero-order valence-electron chi connectivity index (χ0n) is 11.7. The van der Waals surface area contributed by atoms with Gasteiger partial charge in [-0.2, -0.15) is 5.10 Å². The number of anilines is 1. The molecule has 0 radical (unpaired) electrons. The van der Waals surface area contributed by atoms with E-state index in [-0.39, 0.29) is 5.69 Å². The van der Waals surface area contributed by atoms with Crippen molar-refractivity contribution in [1.82, 2.24) is 25.1 Å². The van der Waals surface area contributed by atoms with Gasteiger partial charge in [-0.15, -0.1) is 0 Å². The van der Waals surface area contributed by atoms with Gasteiger partial charge in [0.1, 0.15) is 5.82 Å². The van der Waals surface area contributed by atoms with Gasteiger partial charge in [0.25, 0.3) is 11.5 Å². The minimum atomic E-state index is -0.777. The summed E-state index contributed by atoms with van der Waals surface area (Å²) in [6.07, 6.45) is 1.72. The van der Waals surface area contributed by atoms with Gasteiger partial charge in [0.05, 0.1) is 0 Å². The first-order valence-corrected chi connectivity index (χ1v) is 6.79. The second kappa shape index (κ2) is 5.80. The fourth-order valence-corrected chi connectivity index (χ4v) is 2.32. The van der Waals surface area contributed by atoms with Gasteiger partial charge in [-0.05, 0) is 12.1 Å². The van der Waals surface area contributed by atoms with Gasteiger partial charge in [-0.25, -0.2) is 14.9 Å². The van der Waals surface area contributed by atoms with E-state index in [1.165, 1.54) is 4.90 Å². The summed E-state index contributed by atoms with van der Waals surface area (Å²) in [5.41, 5.74) is -1.81. The summed E-state index contributed by atoms with van der Waals surface area (Å²) in [6.45, 7) is 2.14. The molecule has 2 aromatic rings. The first-order valence-electron chi connectivity index (χ1n) is 6.79. The Morgan fingerprint density at radius 2 is 1.91 bits per heavy atom. The largest absolute Gasteiger partial charge is 0.353 e. The van der Waals surface area contributed by atoms with Crippen molar-refractivity contribution in [3.05, 3.63) is 50.9 Å². The molecular weight excluding hydrogens is 288 g/mol. The summed E-state index contributed by atoms with van der Waals surface area (Å²) in [6, 6.07) is 5.66. The lowest BCUT2D eigenvalue weighted by molar-refractivity contribution is 0.0737. The van der Waals surface area contributed by atoms with Crippen molar-refractivity contribution in [2.45, 2.75) is 0 Å². The molecule has 114 valence electrons. The number of aromatic nitrogens is 4. The maximum absolute atomic E-state index is 12.3. The van der Waals surface area contributed by atoms with Gasteiger partial charge in [0.2, 0.25) is 5.69 Å². The molecule has 0 saturated carbocycles. The van der Waals surface area contributed by atoms with E-state index in [1.807, 2.05) is 23.2 Å². The number of pyridine rings is 1. The lowest BCUT2D eigenvalue weighted by Crippen LogP contribution is -2.50. The van der Waals surface area contributed by atoms with Crippen LogP contribution in [0, 0.1) is 0 Å². The van der Waals surface area contributed by atoms with E-state index in [9.17, 15) is 14.4 Å². The summed E-state index contributed by atoms with van der Waals surface area (Å²) in [7, 11) is 0. The number of carbonyl (C=O) groups is 1. The molecule has 0 aromatic carbocycles. The van der Waals surface area contributed by atoms with Crippen LogP contribution in [0.25, 0.3) is 0 Å². The molecule has 1 aliphatic rings. The second-order valence-corrected chi connectivity index (χ2v) is 4.82. The third kappa shape index (κ3) is 2.73. The molecule has 3 heterocycles. The Labute approximate surface area is 124 Å². The molecular formula is C13H14N6O3. The van der Waals surface area contributed by atoms with Crippen LogP contribution in [0.15, 0.2) is 34.0 Å². The third-order valence-corrected chi connectivity index (χ3v) is 3.45. The molecule has 9 nitrogen and oxygen atoms in total. The summed E-state index contributed by atoms with van der Waals surface area (Å²) >= 11 is 0. The number of aromatic amines is 2. The van der Waals surface area contributed by atoms with E-state index in [1.54, 1.807) is 6.20 Å².